The van der Waals surface area contributed by atoms with E-state index in [2.05, 4.69) is 20.7 Å². The van der Waals surface area contributed by atoms with Gasteiger partial charge in [-0.1, -0.05) is 77.0 Å². The van der Waals surface area contributed by atoms with Gasteiger partial charge in [-0.05, 0) is 48.6 Å². The number of benzene rings is 3. The number of hydrogen-bond donors (Lipinski definition) is 2. The Morgan fingerprint density at radius 2 is 1.50 bits per heavy atom. The van der Waals surface area contributed by atoms with Gasteiger partial charge in [-0.25, -0.2) is 0 Å². The van der Waals surface area contributed by atoms with Gasteiger partial charge in [-0.2, -0.15) is 0 Å². The van der Waals surface area contributed by atoms with Crippen LogP contribution in [0.2, 0.25) is 0 Å². The maximum Gasteiger partial charge on any atom is 0.320 e. The lowest BCUT2D eigenvalue weighted by Gasteiger charge is -2.11. The van der Waals surface area contributed by atoms with Crippen LogP contribution < -0.4 is 5.32 Å². The fourth-order valence-electron chi connectivity index (χ4n) is 4.34. The Balaban J connectivity index is 1.22. The Morgan fingerprint density at radius 1 is 0.861 bits per heavy atom. The summed E-state index contributed by atoms with van der Waals surface area (Å²) in [7, 11) is 0. The van der Waals surface area contributed by atoms with Crippen LogP contribution in [0, 0.1) is 6.92 Å². The molecule has 36 heavy (non-hydrogen) atoms. The first kappa shape index (κ1) is 21.8. The summed E-state index contributed by atoms with van der Waals surface area (Å²) in [5.74, 6) is 0.231. The number of rotatable bonds is 7. The summed E-state index contributed by atoms with van der Waals surface area (Å²) >= 11 is 0. The summed E-state index contributed by atoms with van der Waals surface area (Å²) in [4.78, 5) is 11.6. The monoisotopic (exact) mass is 478 g/mol. The molecule has 0 spiro atoms. The summed E-state index contributed by atoms with van der Waals surface area (Å²) in [5.41, 5.74) is 5.17. The van der Waals surface area contributed by atoms with Crippen LogP contribution in [-0.2, 0) is 10.2 Å². The van der Waals surface area contributed by atoms with Crippen LogP contribution in [0.4, 0.5) is 11.7 Å². The zero-order chi connectivity index (χ0) is 24.7. The fraction of sp³-hybridized carbons (Fsp3) is 0.143. The molecule has 1 saturated carbocycles. The molecule has 1 aliphatic carbocycles. The third-order valence-corrected chi connectivity index (χ3v) is 6.62. The zero-order valence-corrected chi connectivity index (χ0v) is 19.4. The minimum atomic E-state index is -0.747. The molecule has 0 saturated heterocycles. The molecule has 178 valence electrons. The van der Waals surface area contributed by atoms with E-state index in [-0.39, 0.29) is 6.01 Å². The largest absolute Gasteiger partial charge is 0.481 e. The molecule has 5 aromatic rings. The van der Waals surface area contributed by atoms with Gasteiger partial charge >= 0.3 is 12.0 Å². The van der Waals surface area contributed by atoms with Crippen LogP contribution >= 0.6 is 0 Å². The number of carboxylic acids is 1. The number of hydrogen-bond acceptors (Lipinski definition) is 7. The van der Waals surface area contributed by atoms with E-state index < -0.39 is 11.4 Å². The normalized spacial score (nSPS) is 13.9. The lowest BCUT2D eigenvalue weighted by molar-refractivity contribution is -0.140. The van der Waals surface area contributed by atoms with E-state index >= 15 is 0 Å². The number of nitrogens with zero attached hydrogens (tertiary/aromatic N) is 3. The van der Waals surface area contributed by atoms with Gasteiger partial charge < -0.3 is 19.4 Å². The van der Waals surface area contributed by atoms with Crippen molar-refractivity contribution in [1.82, 2.24) is 15.4 Å². The molecule has 6 rings (SSSR count). The smallest absolute Gasteiger partial charge is 0.320 e. The standard InChI is InChI=1S/C28H22N4O4/c1-17-23(29-27-31-30-25(35-27)21-5-3-2-4-6-21)24(36-32-17)20-9-7-18(8-10-20)19-11-13-22(14-12-19)28(15-16-28)26(33)34/h2-14H,15-16H2,1H3,(H,29,31)(H,33,34). The van der Waals surface area contributed by atoms with Gasteiger partial charge in [0.1, 0.15) is 11.4 Å². The van der Waals surface area contributed by atoms with E-state index in [0.717, 1.165) is 27.8 Å². The predicted octanol–water partition coefficient (Wildman–Crippen LogP) is 6.23. The van der Waals surface area contributed by atoms with E-state index in [1.165, 1.54) is 0 Å². The van der Waals surface area contributed by atoms with E-state index in [4.69, 9.17) is 8.94 Å². The number of anilines is 2. The molecule has 2 N–H and O–H groups in total. The molecule has 2 aromatic heterocycles. The lowest BCUT2D eigenvalue weighted by Crippen LogP contribution is -2.19. The fourth-order valence-corrected chi connectivity index (χ4v) is 4.34. The molecule has 3 aromatic carbocycles. The number of aryl methyl sites for hydroxylation is 1. The second-order valence-electron chi connectivity index (χ2n) is 8.92. The molecule has 2 heterocycles. The molecular weight excluding hydrogens is 456 g/mol. The molecule has 8 nitrogen and oxygen atoms in total. The molecule has 0 atom stereocenters. The number of aliphatic carboxylic acids is 1. The van der Waals surface area contributed by atoms with Crippen LogP contribution in [0.15, 0.2) is 87.8 Å². The Kier molecular flexibility index (Phi) is 5.14. The van der Waals surface area contributed by atoms with Gasteiger partial charge in [0.15, 0.2) is 5.76 Å². The first-order valence-corrected chi connectivity index (χ1v) is 11.6. The van der Waals surface area contributed by atoms with Gasteiger partial charge in [-0.3, -0.25) is 4.79 Å². The Bertz CT molecular complexity index is 1530. The van der Waals surface area contributed by atoms with Crippen LogP contribution in [0.1, 0.15) is 24.1 Å². The molecule has 0 unspecified atom stereocenters. The SMILES string of the molecule is Cc1noc(-c2ccc(-c3ccc(C4(C(=O)O)CC4)cc3)cc2)c1Nc1nnc(-c2ccccc2)o1. The molecule has 1 fully saturated rings. The summed E-state index contributed by atoms with van der Waals surface area (Å²) < 4.78 is 11.4. The highest BCUT2D eigenvalue weighted by molar-refractivity contribution is 5.85. The Hall–Kier alpha value is -4.72. The highest BCUT2D eigenvalue weighted by atomic mass is 16.5. The van der Waals surface area contributed by atoms with Crippen molar-refractivity contribution in [2.75, 3.05) is 5.32 Å². The van der Waals surface area contributed by atoms with Gasteiger partial charge in [0, 0.05) is 11.1 Å². The maximum absolute atomic E-state index is 11.6. The second-order valence-corrected chi connectivity index (χ2v) is 8.92. The van der Waals surface area contributed by atoms with Crippen molar-refractivity contribution >= 4 is 17.7 Å². The van der Waals surface area contributed by atoms with Crippen molar-refractivity contribution in [2.24, 2.45) is 0 Å². The topological polar surface area (TPSA) is 114 Å². The first-order valence-electron chi connectivity index (χ1n) is 11.6. The first-order chi connectivity index (χ1) is 17.5. The van der Waals surface area contributed by atoms with Crippen molar-refractivity contribution in [1.29, 1.82) is 0 Å². The van der Waals surface area contributed by atoms with Crippen LogP contribution in [0.3, 0.4) is 0 Å². The van der Waals surface area contributed by atoms with E-state index in [1.54, 1.807) is 0 Å². The number of carboxylic acid groups (broad SMARTS) is 1. The molecule has 0 bridgehead atoms. The average Bonchev–Trinajstić information content (AvgIpc) is 3.48. The van der Waals surface area contributed by atoms with E-state index in [1.807, 2.05) is 85.8 Å². The number of nitrogens with one attached hydrogen (secondary N) is 1. The highest BCUT2D eigenvalue weighted by Crippen LogP contribution is 2.48. The molecule has 8 heteroatoms. The van der Waals surface area contributed by atoms with Crippen molar-refractivity contribution in [3.05, 3.63) is 90.1 Å². The number of carbonyl (C=O) groups is 1. The van der Waals surface area contributed by atoms with E-state index in [0.29, 0.717) is 35.9 Å². The van der Waals surface area contributed by atoms with Gasteiger partial charge in [-0.15, -0.1) is 5.10 Å². The molecular formula is C28H22N4O4. The highest BCUT2D eigenvalue weighted by Gasteiger charge is 2.51. The number of aromatic nitrogens is 3. The summed E-state index contributed by atoms with van der Waals surface area (Å²) in [6, 6.07) is 25.5. The molecule has 0 aliphatic heterocycles. The van der Waals surface area contributed by atoms with Crippen LogP contribution in [0.5, 0.6) is 0 Å². The summed E-state index contributed by atoms with van der Waals surface area (Å²) in [6.07, 6.45) is 1.39. The quantitative estimate of drug-likeness (QED) is 0.283. The zero-order valence-electron chi connectivity index (χ0n) is 19.4. The summed E-state index contributed by atoms with van der Waals surface area (Å²) in [6.45, 7) is 1.84. The van der Waals surface area contributed by atoms with Crippen molar-refractivity contribution in [3.63, 3.8) is 0 Å². The van der Waals surface area contributed by atoms with Crippen LogP contribution in [0.25, 0.3) is 33.9 Å². The predicted molar refractivity (Wildman–Crippen MR) is 134 cm³/mol. The minimum Gasteiger partial charge on any atom is -0.481 e. The van der Waals surface area contributed by atoms with Crippen molar-refractivity contribution in [2.45, 2.75) is 25.2 Å². The summed E-state index contributed by atoms with van der Waals surface area (Å²) in [5, 5.41) is 25.0. The van der Waals surface area contributed by atoms with Crippen molar-refractivity contribution < 1.29 is 18.8 Å². The molecule has 0 amide bonds. The van der Waals surface area contributed by atoms with Gasteiger partial charge in [0.2, 0.25) is 5.89 Å². The maximum atomic E-state index is 11.6. The molecule has 1 aliphatic rings. The van der Waals surface area contributed by atoms with Crippen LogP contribution in [-0.4, -0.2) is 26.4 Å². The second kappa shape index (κ2) is 8.49. The average molecular weight is 479 g/mol. The third kappa shape index (κ3) is 3.82. The van der Waals surface area contributed by atoms with Gasteiger partial charge in [0.25, 0.3) is 0 Å². The lowest BCUT2D eigenvalue weighted by atomic mass is 9.93. The third-order valence-electron chi connectivity index (χ3n) is 6.62. The van der Waals surface area contributed by atoms with Crippen molar-refractivity contribution in [3.8, 4) is 33.9 Å². The Labute approximate surface area is 206 Å². The van der Waals surface area contributed by atoms with Gasteiger partial charge in [0.05, 0.1) is 5.41 Å². The molecule has 0 radical (unpaired) electrons. The minimum absolute atomic E-state index is 0.243. The Morgan fingerprint density at radius 3 is 2.14 bits per heavy atom. The van der Waals surface area contributed by atoms with E-state index in [9.17, 15) is 9.90 Å².